The summed E-state index contributed by atoms with van der Waals surface area (Å²) in [6.45, 7) is 21.0. The molecule has 0 aromatic heterocycles. The third kappa shape index (κ3) is 8.31. The molecule has 0 radical (unpaired) electrons. The second-order valence-corrected chi connectivity index (χ2v) is 13.5. The third-order valence-corrected chi connectivity index (χ3v) is 7.92. The summed E-state index contributed by atoms with van der Waals surface area (Å²) in [4.78, 5) is 0. The van der Waals surface area contributed by atoms with Gasteiger partial charge in [-0.2, -0.15) is 0 Å². The lowest BCUT2D eigenvalue weighted by atomic mass is 9.76. The lowest BCUT2D eigenvalue weighted by Crippen LogP contribution is -2.43. The molecule has 0 aliphatic rings. The largest absolute Gasteiger partial charge is 0.485 e. The number of ether oxygens (including phenoxy) is 1. The van der Waals surface area contributed by atoms with Gasteiger partial charge in [0.2, 0.25) is 0 Å². The molecule has 2 rings (SSSR count). The zero-order chi connectivity index (χ0) is 29.5. The molecule has 0 aliphatic heterocycles. The molecule has 1 atom stereocenters. The van der Waals surface area contributed by atoms with Crippen LogP contribution in [0.1, 0.15) is 100 Å². The van der Waals surface area contributed by atoms with E-state index in [0.717, 1.165) is 37.0 Å². The van der Waals surface area contributed by atoms with Gasteiger partial charge in [-0.15, -0.1) is 0 Å². The molecule has 0 saturated heterocycles. The smallest absolute Gasteiger partial charge is 0.136 e. The topological polar surface area (TPSA) is 69.9 Å². The fourth-order valence-corrected chi connectivity index (χ4v) is 5.67. The third-order valence-electron chi connectivity index (χ3n) is 7.92. The molecule has 0 saturated carbocycles. The van der Waals surface area contributed by atoms with Crippen LogP contribution < -0.4 is 4.74 Å². The van der Waals surface area contributed by atoms with Gasteiger partial charge in [-0.3, -0.25) is 0 Å². The zero-order valence-electron chi connectivity index (χ0n) is 26.4. The van der Waals surface area contributed by atoms with Crippen LogP contribution in [0.2, 0.25) is 0 Å². The molecule has 0 spiro atoms. The van der Waals surface area contributed by atoms with Gasteiger partial charge in [0.05, 0.1) is 25.2 Å². The highest BCUT2D eigenvalue weighted by molar-refractivity contribution is 5.47. The summed E-state index contributed by atoms with van der Waals surface area (Å²) in [5.74, 6) is 2.71. The van der Waals surface area contributed by atoms with Crippen molar-refractivity contribution in [2.75, 3.05) is 19.8 Å². The second-order valence-electron chi connectivity index (χ2n) is 13.5. The quantitative estimate of drug-likeness (QED) is 0.224. The summed E-state index contributed by atoms with van der Waals surface area (Å²) in [6, 6.07) is 8.52. The van der Waals surface area contributed by atoms with E-state index in [4.69, 9.17) is 4.74 Å². The van der Waals surface area contributed by atoms with E-state index >= 15 is 0 Å². The van der Waals surface area contributed by atoms with Gasteiger partial charge in [0.15, 0.2) is 0 Å². The van der Waals surface area contributed by atoms with Crippen molar-refractivity contribution in [3.05, 3.63) is 63.2 Å². The predicted octanol–water partition coefficient (Wildman–Crippen LogP) is 7.18. The van der Waals surface area contributed by atoms with Gasteiger partial charge in [-0.25, -0.2) is 0 Å². The standard InChI is InChI=1S/C35H56O4/c1-22(2)15-28-11-13-30(31(26(28)9)17-24(5)6)34(35(19-36,20-37)21-38)39-33-14-12-29(16-23(3)4)27(10)32(33)18-25(7)8/h11-14,22-25,34,36-38H,15-21H2,1-10H3. The summed E-state index contributed by atoms with van der Waals surface area (Å²) in [5, 5.41) is 31.8. The maximum Gasteiger partial charge on any atom is 0.136 e. The number of hydrogen-bond donors (Lipinski definition) is 3. The van der Waals surface area contributed by atoms with Crippen molar-refractivity contribution >= 4 is 0 Å². The lowest BCUT2D eigenvalue weighted by molar-refractivity contribution is -0.0748. The first kappa shape index (κ1) is 33.3. The van der Waals surface area contributed by atoms with Crippen molar-refractivity contribution < 1.29 is 20.1 Å². The Labute approximate surface area is 238 Å². The Morgan fingerprint density at radius 2 is 1.00 bits per heavy atom. The average Bonchev–Trinajstić information content (AvgIpc) is 2.85. The van der Waals surface area contributed by atoms with E-state index in [1.165, 1.54) is 33.4 Å². The number of rotatable bonds is 15. The second kappa shape index (κ2) is 14.7. The predicted molar refractivity (Wildman–Crippen MR) is 164 cm³/mol. The Kier molecular flexibility index (Phi) is 12.5. The molecule has 0 bridgehead atoms. The molecule has 4 heteroatoms. The minimum atomic E-state index is -1.24. The first-order chi connectivity index (χ1) is 18.3. The van der Waals surface area contributed by atoms with Crippen molar-refractivity contribution in [3.8, 4) is 5.75 Å². The Hall–Kier alpha value is -1.88. The molecule has 3 N–H and O–H groups in total. The molecular formula is C35H56O4. The minimum absolute atomic E-state index is 0.386. The van der Waals surface area contributed by atoms with Crippen LogP contribution in [0.15, 0.2) is 24.3 Å². The van der Waals surface area contributed by atoms with Gasteiger partial charge >= 0.3 is 0 Å². The molecule has 0 fully saturated rings. The van der Waals surface area contributed by atoms with Crippen LogP contribution in [0.25, 0.3) is 0 Å². The van der Waals surface area contributed by atoms with Crippen LogP contribution in [-0.4, -0.2) is 35.1 Å². The SMILES string of the molecule is Cc1c(CC(C)C)ccc(OC(c2ccc(CC(C)C)c(C)c2CC(C)C)C(CO)(CO)CO)c1CC(C)C. The van der Waals surface area contributed by atoms with Gasteiger partial charge in [0, 0.05) is 0 Å². The van der Waals surface area contributed by atoms with Crippen molar-refractivity contribution in [2.45, 2.75) is 101 Å². The van der Waals surface area contributed by atoms with Gasteiger partial charge in [-0.1, -0.05) is 73.6 Å². The molecular weight excluding hydrogens is 484 g/mol. The average molecular weight is 541 g/mol. The van der Waals surface area contributed by atoms with Gasteiger partial charge < -0.3 is 20.1 Å². The van der Waals surface area contributed by atoms with Crippen LogP contribution in [0.3, 0.4) is 0 Å². The van der Waals surface area contributed by atoms with E-state index in [1.807, 2.05) is 0 Å². The fourth-order valence-electron chi connectivity index (χ4n) is 5.67. The molecule has 1 unspecified atom stereocenters. The van der Waals surface area contributed by atoms with E-state index in [0.29, 0.717) is 23.7 Å². The number of hydrogen-bond acceptors (Lipinski definition) is 4. The van der Waals surface area contributed by atoms with Crippen molar-refractivity contribution in [3.63, 3.8) is 0 Å². The van der Waals surface area contributed by atoms with Crippen molar-refractivity contribution in [1.29, 1.82) is 0 Å². The Morgan fingerprint density at radius 3 is 1.44 bits per heavy atom. The Morgan fingerprint density at radius 1 is 0.590 bits per heavy atom. The van der Waals surface area contributed by atoms with Crippen molar-refractivity contribution in [1.82, 2.24) is 0 Å². The normalized spacial score (nSPS) is 13.3. The van der Waals surface area contributed by atoms with Gasteiger partial charge in [0.1, 0.15) is 11.9 Å². The number of aliphatic hydroxyl groups is 3. The van der Waals surface area contributed by atoms with Gasteiger partial charge in [-0.05, 0) is 108 Å². The zero-order valence-corrected chi connectivity index (χ0v) is 26.4. The van der Waals surface area contributed by atoms with Crippen molar-refractivity contribution in [2.24, 2.45) is 29.1 Å². The molecule has 0 aliphatic carbocycles. The van der Waals surface area contributed by atoms with E-state index in [9.17, 15) is 15.3 Å². The summed E-state index contributed by atoms with van der Waals surface area (Å²) in [5.41, 5.74) is 7.24. The molecule has 2 aromatic carbocycles. The minimum Gasteiger partial charge on any atom is -0.485 e. The molecule has 2 aromatic rings. The van der Waals surface area contributed by atoms with Crippen LogP contribution in [0, 0.1) is 42.9 Å². The highest BCUT2D eigenvalue weighted by Crippen LogP contribution is 2.43. The van der Waals surface area contributed by atoms with Gasteiger partial charge in [0.25, 0.3) is 0 Å². The van der Waals surface area contributed by atoms with Crippen LogP contribution >= 0.6 is 0 Å². The molecule has 0 heterocycles. The van der Waals surface area contributed by atoms with E-state index in [1.54, 1.807) is 0 Å². The molecule has 4 nitrogen and oxygen atoms in total. The highest BCUT2D eigenvalue weighted by Gasteiger charge is 2.42. The molecule has 39 heavy (non-hydrogen) atoms. The van der Waals surface area contributed by atoms with E-state index in [-0.39, 0.29) is 19.8 Å². The van der Waals surface area contributed by atoms with E-state index in [2.05, 4.69) is 93.5 Å². The first-order valence-corrected chi connectivity index (χ1v) is 15.0. The van der Waals surface area contributed by atoms with Crippen LogP contribution in [0.4, 0.5) is 0 Å². The first-order valence-electron chi connectivity index (χ1n) is 15.0. The summed E-state index contributed by atoms with van der Waals surface area (Å²) in [6.07, 6.45) is 3.01. The molecule has 0 amide bonds. The van der Waals surface area contributed by atoms with Crippen LogP contribution in [-0.2, 0) is 25.7 Å². The monoisotopic (exact) mass is 540 g/mol. The number of aliphatic hydroxyl groups excluding tert-OH is 3. The Balaban J connectivity index is 2.82. The summed E-state index contributed by atoms with van der Waals surface area (Å²) in [7, 11) is 0. The number of benzene rings is 2. The maximum atomic E-state index is 10.6. The Bertz CT molecular complexity index is 1040. The molecule has 220 valence electrons. The van der Waals surface area contributed by atoms with Crippen LogP contribution in [0.5, 0.6) is 5.75 Å². The van der Waals surface area contributed by atoms with E-state index < -0.39 is 11.5 Å². The summed E-state index contributed by atoms with van der Waals surface area (Å²) < 4.78 is 6.93. The lowest BCUT2D eigenvalue weighted by Gasteiger charge is -2.39. The summed E-state index contributed by atoms with van der Waals surface area (Å²) >= 11 is 0. The highest BCUT2D eigenvalue weighted by atomic mass is 16.5. The maximum absolute atomic E-state index is 10.6. The fraction of sp³-hybridized carbons (Fsp3) is 0.657.